The van der Waals surface area contributed by atoms with Gasteiger partial charge in [-0.15, -0.1) is 0 Å². The van der Waals surface area contributed by atoms with Gasteiger partial charge in [0.2, 0.25) is 0 Å². The molecule has 32 heavy (non-hydrogen) atoms. The quantitative estimate of drug-likeness (QED) is 0.560. The largest absolute Gasteiger partial charge is 0.444 e. The lowest BCUT2D eigenvalue weighted by Gasteiger charge is -2.35. The van der Waals surface area contributed by atoms with E-state index in [9.17, 15) is 4.79 Å². The van der Waals surface area contributed by atoms with Crippen LogP contribution in [-0.2, 0) is 11.8 Å². The summed E-state index contributed by atoms with van der Waals surface area (Å²) < 4.78 is 8.03. The van der Waals surface area contributed by atoms with Crippen molar-refractivity contribution in [2.45, 2.75) is 45.3 Å². The molecule has 0 aliphatic carbocycles. The Balaban J connectivity index is 1.64. The molecule has 1 aliphatic heterocycles. The van der Waals surface area contributed by atoms with Crippen molar-refractivity contribution in [3.63, 3.8) is 0 Å². The fraction of sp³-hybridized carbons (Fsp3) is 0.455. The number of carbonyl (C=O) groups excluding carboxylic acids is 1. The molecule has 0 spiro atoms. The van der Waals surface area contributed by atoms with Crippen LogP contribution in [0.1, 0.15) is 33.6 Å². The molecule has 1 aliphatic rings. The number of hydrogen-bond donors (Lipinski definition) is 2. The fourth-order valence-electron chi connectivity index (χ4n) is 4.04. The van der Waals surface area contributed by atoms with Crippen LogP contribution < -0.4 is 16.0 Å². The van der Waals surface area contributed by atoms with Gasteiger partial charge in [0, 0.05) is 26.2 Å². The first-order valence-electron chi connectivity index (χ1n) is 10.6. The molecule has 3 aromatic rings. The Morgan fingerprint density at radius 1 is 1.31 bits per heavy atom. The summed E-state index contributed by atoms with van der Waals surface area (Å²) in [7, 11) is 1.95. The van der Waals surface area contributed by atoms with E-state index in [-0.39, 0.29) is 12.1 Å². The predicted octanol–water partition coefficient (Wildman–Crippen LogP) is 3.87. The second kappa shape index (κ2) is 8.57. The molecule has 1 unspecified atom stereocenters. The number of aromatic nitrogens is 4. The van der Waals surface area contributed by atoms with Gasteiger partial charge in [0.15, 0.2) is 11.6 Å². The second-order valence-corrected chi connectivity index (χ2v) is 9.81. The Bertz CT molecular complexity index is 1160. The maximum atomic E-state index is 12.3. The van der Waals surface area contributed by atoms with Gasteiger partial charge in [-0.2, -0.15) is 0 Å². The van der Waals surface area contributed by atoms with Crippen molar-refractivity contribution in [1.82, 2.24) is 24.8 Å². The van der Waals surface area contributed by atoms with Gasteiger partial charge in [-0.05, 0) is 61.7 Å². The van der Waals surface area contributed by atoms with Gasteiger partial charge in [0.25, 0.3) is 0 Å². The molecule has 1 atom stereocenters. The van der Waals surface area contributed by atoms with Crippen LogP contribution in [0.5, 0.6) is 0 Å². The Labute approximate surface area is 195 Å². The van der Waals surface area contributed by atoms with E-state index in [4.69, 9.17) is 15.5 Å². The molecule has 1 fully saturated rings. The molecule has 4 rings (SSSR count). The van der Waals surface area contributed by atoms with Crippen LogP contribution in [0.2, 0.25) is 0 Å². The van der Waals surface area contributed by atoms with E-state index >= 15 is 0 Å². The molecule has 9 nitrogen and oxygen atoms in total. The van der Waals surface area contributed by atoms with Crippen LogP contribution in [0.25, 0.3) is 22.6 Å². The number of rotatable bonds is 3. The lowest BCUT2D eigenvalue weighted by Crippen LogP contribution is -2.49. The summed E-state index contributed by atoms with van der Waals surface area (Å²) in [6.45, 7) is 7.18. The number of nitrogen functional groups attached to an aromatic ring is 1. The first-order valence-corrected chi connectivity index (χ1v) is 11.4. The van der Waals surface area contributed by atoms with E-state index in [0.29, 0.717) is 28.5 Å². The summed E-state index contributed by atoms with van der Waals surface area (Å²) in [5.74, 6) is 0.979. The van der Waals surface area contributed by atoms with Crippen molar-refractivity contribution < 1.29 is 9.53 Å². The minimum atomic E-state index is -0.522. The number of aryl methyl sites for hydroxylation is 1. The average Bonchev–Trinajstić information content (AvgIpc) is 3.05. The van der Waals surface area contributed by atoms with Crippen molar-refractivity contribution in [2.24, 2.45) is 7.05 Å². The molecule has 1 aromatic carbocycles. The van der Waals surface area contributed by atoms with Crippen LogP contribution >= 0.6 is 15.9 Å². The van der Waals surface area contributed by atoms with Crippen LogP contribution in [0.4, 0.5) is 16.3 Å². The highest BCUT2D eigenvalue weighted by atomic mass is 79.9. The van der Waals surface area contributed by atoms with E-state index in [0.717, 1.165) is 36.1 Å². The lowest BCUT2D eigenvalue weighted by atomic mass is 10.0. The number of benzene rings is 1. The number of nitrogens with one attached hydrogen (secondary N) is 1. The molecular formula is C22H28BrN7O2. The highest BCUT2D eigenvalue weighted by Gasteiger charge is 2.26. The molecule has 10 heteroatoms. The molecule has 0 radical (unpaired) electrons. The molecule has 1 amide bonds. The number of imidazole rings is 1. The van der Waals surface area contributed by atoms with Crippen molar-refractivity contribution >= 4 is 44.6 Å². The third-order valence-electron chi connectivity index (χ3n) is 5.34. The first kappa shape index (κ1) is 22.3. The zero-order valence-corrected chi connectivity index (χ0v) is 20.3. The standard InChI is InChI=1S/C22H28BrN7O2/c1-22(2,3)32-21(31)26-13-7-6-10-30(12-13)15-9-5-8-14-18(15)29(4)20(27-14)17-19(24)25-11-16(23)28-17/h5,8-9,11,13H,6-7,10,12H2,1-4H3,(H2,24,25)(H,26,31). The SMILES string of the molecule is Cn1c(-c2nc(Br)cnc2N)nc2cccc(N3CCCC(NC(=O)OC(C)(C)C)C3)c21. The minimum absolute atomic E-state index is 0.00754. The number of nitrogens with two attached hydrogens (primary N) is 1. The van der Waals surface area contributed by atoms with E-state index in [2.05, 4.69) is 42.2 Å². The summed E-state index contributed by atoms with van der Waals surface area (Å²) in [6.07, 6.45) is 3.06. The third-order valence-corrected chi connectivity index (χ3v) is 5.72. The van der Waals surface area contributed by atoms with E-state index < -0.39 is 5.60 Å². The number of ether oxygens (including phenoxy) is 1. The molecule has 3 heterocycles. The maximum Gasteiger partial charge on any atom is 0.407 e. The van der Waals surface area contributed by atoms with E-state index in [1.54, 1.807) is 6.20 Å². The monoisotopic (exact) mass is 501 g/mol. The van der Waals surface area contributed by atoms with Crippen molar-refractivity contribution in [3.8, 4) is 11.5 Å². The highest BCUT2D eigenvalue weighted by Crippen LogP contribution is 2.33. The average molecular weight is 502 g/mol. The van der Waals surface area contributed by atoms with Crippen molar-refractivity contribution in [2.75, 3.05) is 23.7 Å². The number of para-hydroxylation sites is 1. The summed E-state index contributed by atoms with van der Waals surface area (Å²) >= 11 is 3.36. The Morgan fingerprint density at radius 3 is 2.84 bits per heavy atom. The lowest BCUT2D eigenvalue weighted by molar-refractivity contribution is 0.0500. The van der Waals surface area contributed by atoms with Gasteiger partial charge >= 0.3 is 6.09 Å². The zero-order chi connectivity index (χ0) is 23.0. The van der Waals surface area contributed by atoms with Gasteiger partial charge in [0.1, 0.15) is 15.9 Å². The molecule has 3 N–H and O–H groups in total. The van der Waals surface area contributed by atoms with E-state index in [1.807, 2.05) is 44.5 Å². The summed E-state index contributed by atoms with van der Waals surface area (Å²) in [6, 6.07) is 6.06. The molecule has 0 bridgehead atoms. The maximum absolute atomic E-state index is 12.3. The summed E-state index contributed by atoms with van der Waals surface area (Å²) in [4.78, 5) is 28.0. The topological polar surface area (TPSA) is 111 Å². The Kier molecular flexibility index (Phi) is 5.98. The Morgan fingerprint density at radius 2 is 2.09 bits per heavy atom. The van der Waals surface area contributed by atoms with Crippen LogP contribution in [0.3, 0.4) is 0 Å². The van der Waals surface area contributed by atoms with Gasteiger partial charge in [-0.25, -0.2) is 19.7 Å². The van der Waals surface area contributed by atoms with Gasteiger partial charge in [-0.1, -0.05) is 6.07 Å². The molecule has 0 saturated carbocycles. The number of alkyl carbamates (subject to hydrolysis) is 1. The minimum Gasteiger partial charge on any atom is -0.444 e. The van der Waals surface area contributed by atoms with Crippen molar-refractivity contribution in [1.29, 1.82) is 0 Å². The van der Waals surface area contributed by atoms with Gasteiger partial charge in [0.05, 0.1) is 22.9 Å². The van der Waals surface area contributed by atoms with Crippen molar-refractivity contribution in [3.05, 3.63) is 29.0 Å². The van der Waals surface area contributed by atoms with Crippen LogP contribution in [0.15, 0.2) is 29.0 Å². The summed E-state index contributed by atoms with van der Waals surface area (Å²) in [5, 5.41) is 3.02. The molecule has 1 saturated heterocycles. The smallest absolute Gasteiger partial charge is 0.407 e. The zero-order valence-electron chi connectivity index (χ0n) is 18.7. The van der Waals surface area contributed by atoms with E-state index in [1.165, 1.54) is 0 Å². The second-order valence-electron chi connectivity index (χ2n) is 9.00. The molecule has 170 valence electrons. The van der Waals surface area contributed by atoms with Crippen LogP contribution in [0, 0.1) is 0 Å². The number of amides is 1. The number of anilines is 2. The predicted molar refractivity (Wildman–Crippen MR) is 128 cm³/mol. The fourth-order valence-corrected chi connectivity index (χ4v) is 4.32. The number of piperidine rings is 1. The third kappa shape index (κ3) is 4.64. The first-order chi connectivity index (χ1) is 15.1. The Hall–Kier alpha value is -2.88. The highest BCUT2D eigenvalue weighted by molar-refractivity contribution is 9.10. The van der Waals surface area contributed by atoms with Gasteiger partial charge < -0.3 is 25.3 Å². The number of fused-ring (bicyclic) bond motifs is 1. The van der Waals surface area contributed by atoms with Crippen LogP contribution in [-0.4, -0.2) is 50.3 Å². The number of hydrogen-bond acceptors (Lipinski definition) is 7. The number of halogens is 1. The molecular weight excluding hydrogens is 474 g/mol. The number of carbonyl (C=O) groups is 1. The molecule has 2 aromatic heterocycles. The normalized spacial score (nSPS) is 16.9. The number of nitrogens with zero attached hydrogens (tertiary/aromatic N) is 5. The summed E-state index contributed by atoms with van der Waals surface area (Å²) in [5.41, 5.74) is 9.00. The van der Waals surface area contributed by atoms with Gasteiger partial charge in [-0.3, -0.25) is 0 Å².